The van der Waals surface area contributed by atoms with Crippen molar-refractivity contribution < 1.29 is 9.53 Å². The molecule has 0 atom stereocenters. The van der Waals surface area contributed by atoms with Crippen molar-refractivity contribution in [1.82, 2.24) is 16.0 Å². The van der Waals surface area contributed by atoms with Crippen LogP contribution in [0.25, 0.3) is 0 Å². The van der Waals surface area contributed by atoms with E-state index in [1.807, 2.05) is 52.0 Å². The van der Waals surface area contributed by atoms with Crippen LogP contribution < -0.4 is 20.7 Å². The molecule has 0 fully saturated rings. The van der Waals surface area contributed by atoms with Crippen LogP contribution >= 0.6 is 24.0 Å². The second kappa shape index (κ2) is 13.7. The van der Waals surface area contributed by atoms with Gasteiger partial charge in [0, 0.05) is 31.1 Å². The van der Waals surface area contributed by atoms with Crippen molar-refractivity contribution in [3.63, 3.8) is 0 Å². The van der Waals surface area contributed by atoms with Gasteiger partial charge in [0.05, 0.1) is 13.2 Å². The number of benzene rings is 1. The molecule has 0 unspecified atom stereocenters. The number of aliphatic imine (C=N–C) groups is 1. The zero-order valence-electron chi connectivity index (χ0n) is 15.6. The molecule has 0 saturated carbocycles. The molecule has 1 aromatic rings. The summed E-state index contributed by atoms with van der Waals surface area (Å²) in [6.07, 6.45) is 0. The van der Waals surface area contributed by atoms with Gasteiger partial charge in [0.25, 0.3) is 0 Å². The summed E-state index contributed by atoms with van der Waals surface area (Å²) >= 11 is 0. The van der Waals surface area contributed by atoms with Gasteiger partial charge in [0.1, 0.15) is 5.75 Å². The standard InChI is InChI=1S/C18H30N4O2.HI/c1-5-19-18(21-12-11-20-17(23)14(3)4)22-13-15-9-7-8-10-16(15)24-6-2;/h7-10,14H,5-6,11-13H2,1-4H3,(H,20,23)(H2,19,21,22);1H. The molecule has 6 nitrogen and oxygen atoms in total. The van der Waals surface area contributed by atoms with E-state index in [0.717, 1.165) is 23.8 Å². The Labute approximate surface area is 168 Å². The first-order chi connectivity index (χ1) is 11.6. The fourth-order valence-corrected chi connectivity index (χ4v) is 2.01. The Hall–Kier alpha value is -1.51. The van der Waals surface area contributed by atoms with Crippen LogP contribution in [-0.2, 0) is 11.3 Å². The van der Waals surface area contributed by atoms with Crippen molar-refractivity contribution in [2.24, 2.45) is 10.9 Å². The molecule has 0 aromatic heterocycles. The second-order valence-corrected chi connectivity index (χ2v) is 5.61. The first-order valence-electron chi connectivity index (χ1n) is 8.59. The third-order valence-electron chi connectivity index (χ3n) is 3.27. The summed E-state index contributed by atoms with van der Waals surface area (Å²) in [5.41, 5.74) is 1.05. The largest absolute Gasteiger partial charge is 0.494 e. The van der Waals surface area contributed by atoms with Gasteiger partial charge in [-0.1, -0.05) is 32.0 Å². The second-order valence-electron chi connectivity index (χ2n) is 5.61. The molecule has 3 N–H and O–H groups in total. The summed E-state index contributed by atoms with van der Waals surface area (Å²) in [7, 11) is 0. The third-order valence-corrected chi connectivity index (χ3v) is 3.27. The highest BCUT2D eigenvalue weighted by Crippen LogP contribution is 2.18. The predicted octanol–water partition coefficient (Wildman–Crippen LogP) is 2.53. The minimum atomic E-state index is 0. The predicted molar refractivity (Wildman–Crippen MR) is 114 cm³/mol. The van der Waals surface area contributed by atoms with Crippen LogP contribution in [0, 0.1) is 5.92 Å². The summed E-state index contributed by atoms with van der Waals surface area (Å²) in [4.78, 5) is 16.1. The maximum atomic E-state index is 11.5. The van der Waals surface area contributed by atoms with Gasteiger partial charge in [-0.15, -0.1) is 24.0 Å². The monoisotopic (exact) mass is 462 g/mol. The lowest BCUT2D eigenvalue weighted by molar-refractivity contribution is -0.123. The first-order valence-corrected chi connectivity index (χ1v) is 8.59. The fourth-order valence-electron chi connectivity index (χ4n) is 2.01. The molecule has 1 rings (SSSR count). The summed E-state index contributed by atoms with van der Waals surface area (Å²) in [6.45, 7) is 10.9. The van der Waals surface area contributed by atoms with Crippen molar-refractivity contribution in [1.29, 1.82) is 0 Å². The number of carbonyl (C=O) groups is 1. The van der Waals surface area contributed by atoms with E-state index in [-0.39, 0.29) is 35.8 Å². The highest BCUT2D eigenvalue weighted by molar-refractivity contribution is 14.0. The van der Waals surface area contributed by atoms with Gasteiger partial charge in [-0.2, -0.15) is 0 Å². The highest BCUT2D eigenvalue weighted by Gasteiger charge is 2.06. The van der Waals surface area contributed by atoms with Crippen LogP contribution in [0.2, 0.25) is 0 Å². The highest BCUT2D eigenvalue weighted by atomic mass is 127. The summed E-state index contributed by atoms with van der Waals surface area (Å²) in [6, 6.07) is 7.91. The van der Waals surface area contributed by atoms with Crippen LogP contribution in [-0.4, -0.2) is 38.1 Å². The Kier molecular flexibility index (Phi) is 12.9. The minimum Gasteiger partial charge on any atom is -0.494 e. The van der Waals surface area contributed by atoms with E-state index in [4.69, 9.17) is 4.74 Å². The molecular formula is C18H31IN4O2. The van der Waals surface area contributed by atoms with Crippen LogP contribution in [0.3, 0.4) is 0 Å². The topological polar surface area (TPSA) is 74.8 Å². The van der Waals surface area contributed by atoms with Gasteiger partial charge in [-0.05, 0) is 19.9 Å². The molecule has 0 aliphatic rings. The minimum absolute atomic E-state index is 0. The average Bonchev–Trinajstić information content (AvgIpc) is 2.57. The smallest absolute Gasteiger partial charge is 0.222 e. The quantitative estimate of drug-likeness (QED) is 0.228. The van der Waals surface area contributed by atoms with E-state index in [2.05, 4.69) is 20.9 Å². The average molecular weight is 462 g/mol. The number of carbonyl (C=O) groups excluding carboxylic acids is 1. The van der Waals surface area contributed by atoms with Crippen molar-refractivity contribution in [3.8, 4) is 5.75 Å². The Morgan fingerprint density at radius 1 is 1.12 bits per heavy atom. The van der Waals surface area contributed by atoms with Gasteiger partial charge in [0.2, 0.25) is 5.91 Å². The SMILES string of the molecule is CCNC(=NCc1ccccc1OCC)NCCNC(=O)C(C)C.I. The van der Waals surface area contributed by atoms with Crippen LogP contribution in [0.4, 0.5) is 0 Å². The van der Waals surface area contributed by atoms with Gasteiger partial charge >= 0.3 is 0 Å². The van der Waals surface area contributed by atoms with Crippen molar-refractivity contribution in [3.05, 3.63) is 29.8 Å². The molecule has 25 heavy (non-hydrogen) atoms. The number of hydrogen-bond acceptors (Lipinski definition) is 3. The number of guanidine groups is 1. The van der Waals surface area contributed by atoms with Crippen molar-refractivity contribution in [2.45, 2.75) is 34.2 Å². The summed E-state index contributed by atoms with van der Waals surface area (Å²) in [5.74, 6) is 1.65. The summed E-state index contributed by atoms with van der Waals surface area (Å²) < 4.78 is 5.62. The van der Waals surface area contributed by atoms with Gasteiger partial charge in [0.15, 0.2) is 5.96 Å². The lowest BCUT2D eigenvalue weighted by Crippen LogP contribution is -2.42. The maximum Gasteiger partial charge on any atom is 0.222 e. The van der Waals surface area contributed by atoms with Gasteiger partial charge in [-0.25, -0.2) is 4.99 Å². The van der Waals surface area contributed by atoms with E-state index in [1.54, 1.807) is 0 Å². The van der Waals surface area contributed by atoms with E-state index in [0.29, 0.717) is 26.2 Å². The van der Waals surface area contributed by atoms with Crippen molar-refractivity contribution >= 4 is 35.8 Å². The number of halogens is 1. The van der Waals surface area contributed by atoms with Crippen LogP contribution in [0.1, 0.15) is 33.3 Å². The Balaban J connectivity index is 0.00000576. The maximum absolute atomic E-state index is 11.5. The molecule has 0 radical (unpaired) electrons. The first kappa shape index (κ1) is 23.5. The normalized spacial score (nSPS) is 10.8. The fraction of sp³-hybridized carbons (Fsp3) is 0.556. The van der Waals surface area contributed by atoms with Crippen LogP contribution in [0.15, 0.2) is 29.3 Å². The number of para-hydroxylation sites is 1. The summed E-state index contributed by atoms with van der Waals surface area (Å²) in [5, 5.41) is 9.30. The molecule has 0 saturated heterocycles. The molecule has 0 aliphatic carbocycles. The van der Waals surface area contributed by atoms with E-state index >= 15 is 0 Å². The Morgan fingerprint density at radius 3 is 2.44 bits per heavy atom. The zero-order valence-corrected chi connectivity index (χ0v) is 17.9. The third kappa shape index (κ3) is 9.52. The Bertz CT molecular complexity index is 536. The number of rotatable bonds is 9. The van der Waals surface area contributed by atoms with Crippen LogP contribution in [0.5, 0.6) is 5.75 Å². The van der Waals surface area contributed by atoms with Gasteiger partial charge < -0.3 is 20.7 Å². The van der Waals surface area contributed by atoms with Gasteiger partial charge in [-0.3, -0.25) is 4.79 Å². The number of nitrogens with one attached hydrogen (secondary N) is 3. The molecule has 1 aromatic carbocycles. The number of amides is 1. The number of hydrogen-bond donors (Lipinski definition) is 3. The lowest BCUT2D eigenvalue weighted by atomic mass is 10.2. The molecule has 1 amide bonds. The van der Waals surface area contributed by atoms with Crippen molar-refractivity contribution in [2.75, 3.05) is 26.2 Å². The Morgan fingerprint density at radius 2 is 1.80 bits per heavy atom. The number of nitrogens with zero attached hydrogens (tertiary/aromatic N) is 1. The van der Waals surface area contributed by atoms with E-state index in [1.165, 1.54) is 0 Å². The van der Waals surface area contributed by atoms with E-state index in [9.17, 15) is 4.79 Å². The zero-order chi connectivity index (χ0) is 17.8. The number of ether oxygens (including phenoxy) is 1. The molecule has 0 bridgehead atoms. The molecule has 142 valence electrons. The molecular weight excluding hydrogens is 431 g/mol. The lowest BCUT2D eigenvalue weighted by Gasteiger charge is -2.13. The molecule has 0 spiro atoms. The molecule has 0 aliphatic heterocycles. The molecule has 7 heteroatoms. The molecule has 0 heterocycles. The van der Waals surface area contributed by atoms with E-state index < -0.39 is 0 Å².